The minimum absolute atomic E-state index is 0.0341. The van der Waals surface area contributed by atoms with E-state index in [1.165, 1.54) is 0 Å². The van der Waals surface area contributed by atoms with E-state index in [0.29, 0.717) is 29.7 Å². The second kappa shape index (κ2) is 6.53. The SMILES string of the molecule is O=C(CC1COCCN1)NC1CCc2c1ccc(Cl)c2Cl. The molecule has 0 radical (unpaired) electrons. The first-order valence-corrected chi connectivity index (χ1v) is 7.98. The molecule has 2 unspecified atom stereocenters. The van der Waals surface area contributed by atoms with Crippen molar-refractivity contribution in [1.29, 1.82) is 0 Å². The Morgan fingerprint density at radius 1 is 1.43 bits per heavy atom. The van der Waals surface area contributed by atoms with Crippen molar-refractivity contribution in [3.63, 3.8) is 0 Å². The molecule has 1 saturated heterocycles. The summed E-state index contributed by atoms with van der Waals surface area (Å²) in [7, 11) is 0. The monoisotopic (exact) mass is 328 g/mol. The fourth-order valence-electron chi connectivity index (χ4n) is 3.01. The zero-order valence-corrected chi connectivity index (χ0v) is 13.1. The molecule has 6 heteroatoms. The predicted octanol–water partition coefficient (Wildman–Crippen LogP) is 2.48. The summed E-state index contributed by atoms with van der Waals surface area (Å²) in [6, 6.07) is 3.90. The molecule has 0 bridgehead atoms. The molecule has 21 heavy (non-hydrogen) atoms. The van der Waals surface area contributed by atoms with Gasteiger partial charge in [0.2, 0.25) is 5.91 Å². The van der Waals surface area contributed by atoms with Crippen LogP contribution in [-0.2, 0) is 16.0 Å². The molecule has 114 valence electrons. The van der Waals surface area contributed by atoms with Crippen LogP contribution >= 0.6 is 23.2 Å². The average Bonchev–Trinajstić information content (AvgIpc) is 2.87. The van der Waals surface area contributed by atoms with Crippen LogP contribution in [0, 0.1) is 0 Å². The lowest BCUT2D eigenvalue weighted by molar-refractivity contribution is -0.123. The molecule has 2 atom stereocenters. The molecule has 0 aromatic heterocycles. The quantitative estimate of drug-likeness (QED) is 0.896. The molecule has 2 aliphatic rings. The molecule has 0 spiro atoms. The summed E-state index contributed by atoms with van der Waals surface area (Å²) >= 11 is 12.3. The van der Waals surface area contributed by atoms with Crippen molar-refractivity contribution in [2.75, 3.05) is 19.8 Å². The van der Waals surface area contributed by atoms with Gasteiger partial charge in [0, 0.05) is 19.0 Å². The number of carbonyl (C=O) groups is 1. The smallest absolute Gasteiger partial charge is 0.222 e. The Kier molecular flexibility index (Phi) is 4.69. The van der Waals surface area contributed by atoms with E-state index < -0.39 is 0 Å². The average molecular weight is 329 g/mol. The van der Waals surface area contributed by atoms with Crippen molar-refractivity contribution < 1.29 is 9.53 Å². The van der Waals surface area contributed by atoms with E-state index >= 15 is 0 Å². The highest BCUT2D eigenvalue weighted by atomic mass is 35.5. The highest BCUT2D eigenvalue weighted by molar-refractivity contribution is 6.42. The van der Waals surface area contributed by atoms with E-state index in [2.05, 4.69) is 10.6 Å². The first-order valence-electron chi connectivity index (χ1n) is 7.22. The first kappa shape index (κ1) is 15.1. The molecular weight excluding hydrogens is 311 g/mol. The van der Waals surface area contributed by atoms with Crippen LogP contribution in [0.25, 0.3) is 0 Å². The number of fused-ring (bicyclic) bond motifs is 1. The number of carbonyl (C=O) groups excluding carboxylic acids is 1. The number of hydrogen-bond donors (Lipinski definition) is 2. The molecule has 1 aromatic carbocycles. The van der Waals surface area contributed by atoms with Gasteiger partial charge >= 0.3 is 0 Å². The van der Waals surface area contributed by atoms with Gasteiger partial charge in [-0.25, -0.2) is 0 Å². The Labute approximate surface area is 134 Å². The lowest BCUT2D eigenvalue weighted by Crippen LogP contribution is -2.44. The second-order valence-electron chi connectivity index (χ2n) is 5.52. The Hall–Kier alpha value is -0.810. The minimum Gasteiger partial charge on any atom is -0.378 e. The number of benzene rings is 1. The topological polar surface area (TPSA) is 50.4 Å². The van der Waals surface area contributed by atoms with Crippen LogP contribution in [0.4, 0.5) is 0 Å². The van der Waals surface area contributed by atoms with Crippen LogP contribution in [0.2, 0.25) is 10.0 Å². The third-order valence-electron chi connectivity index (χ3n) is 4.06. The largest absolute Gasteiger partial charge is 0.378 e. The van der Waals surface area contributed by atoms with Crippen molar-refractivity contribution in [1.82, 2.24) is 10.6 Å². The molecule has 1 aromatic rings. The summed E-state index contributed by atoms with van der Waals surface area (Å²) < 4.78 is 5.36. The summed E-state index contributed by atoms with van der Waals surface area (Å²) in [6.45, 7) is 2.11. The molecule has 2 N–H and O–H groups in total. The van der Waals surface area contributed by atoms with Gasteiger partial charge in [-0.05, 0) is 30.0 Å². The number of hydrogen-bond acceptors (Lipinski definition) is 3. The van der Waals surface area contributed by atoms with Crippen LogP contribution in [0.1, 0.15) is 30.0 Å². The van der Waals surface area contributed by atoms with Gasteiger partial charge in [0.25, 0.3) is 0 Å². The number of nitrogens with one attached hydrogen (secondary N) is 2. The Morgan fingerprint density at radius 3 is 3.05 bits per heavy atom. The molecule has 0 saturated carbocycles. The van der Waals surface area contributed by atoms with Gasteiger partial charge in [-0.15, -0.1) is 0 Å². The zero-order chi connectivity index (χ0) is 14.8. The molecule has 1 amide bonds. The maximum absolute atomic E-state index is 12.2. The molecule has 3 rings (SSSR count). The van der Waals surface area contributed by atoms with Crippen molar-refractivity contribution >= 4 is 29.1 Å². The summed E-state index contributed by atoms with van der Waals surface area (Å²) in [5.41, 5.74) is 2.15. The number of morpholine rings is 1. The van der Waals surface area contributed by atoms with Gasteiger partial charge in [-0.2, -0.15) is 0 Å². The zero-order valence-electron chi connectivity index (χ0n) is 11.6. The van der Waals surface area contributed by atoms with E-state index in [1.54, 1.807) is 6.07 Å². The van der Waals surface area contributed by atoms with Crippen LogP contribution in [0.15, 0.2) is 12.1 Å². The van der Waals surface area contributed by atoms with Gasteiger partial charge < -0.3 is 15.4 Å². The first-order chi connectivity index (χ1) is 10.1. The van der Waals surface area contributed by atoms with Gasteiger partial charge in [0.1, 0.15) is 0 Å². The summed E-state index contributed by atoms with van der Waals surface area (Å²) in [6.07, 6.45) is 2.16. The second-order valence-corrected chi connectivity index (χ2v) is 6.30. The maximum Gasteiger partial charge on any atom is 0.222 e. The van der Waals surface area contributed by atoms with Crippen molar-refractivity contribution in [3.05, 3.63) is 33.3 Å². The van der Waals surface area contributed by atoms with Crippen molar-refractivity contribution in [2.24, 2.45) is 0 Å². The van der Waals surface area contributed by atoms with Gasteiger partial charge in [-0.1, -0.05) is 29.3 Å². The maximum atomic E-state index is 12.2. The fraction of sp³-hybridized carbons (Fsp3) is 0.533. The van der Waals surface area contributed by atoms with E-state index in [4.69, 9.17) is 27.9 Å². The number of ether oxygens (including phenoxy) is 1. The molecule has 4 nitrogen and oxygen atoms in total. The van der Waals surface area contributed by atoms with Gasteiger partial charge in [-0.3, -0.25) is 4.79 Å². The molecule has 1 aliphatic heterocycles. The number of rotatable bonds is 3. The number of amides is 1. The molecule has 1 aliphatic carbocycles. The lowest BCUT2D eigenvalue weighted by Gasteiger charge is -2.24. The van der Waals surface area contributed by atoms with Crippen molar-refractivity contribution in [2.45, 2.75) is 31.3 Å². The third-order valence-corrected chi connectivity index (χ3v) is 4.90. The third kappa shape index (κ3) is 3.34. The van der Waals surface area contributed by atoms with Crippen LogP contribution < -0.4 is 10.6 Å². The molecule has 1 heterocycles. The van der Waals surface area contributed by atoms with E-state index in [9.17, 15) is 4.79 Å². The summed E-state index contributed by atoms with van der Waals surface area (Å²) in [5, 5.41) is 7.57. The lowest BCUT2D eigenvalue weighted by atomic mass is 10.1. The van der Waals surface area contributed by atoms with E-state index in [0.717, 1.165) is 30.5 Å². The molecule has 1 fully saturated rings. The van der Waals surface area contributed by atoms with Gasteiger partial charge in [0.05, 0.1) is 29.3 Å². The predicted molar refractivity (Wildman–Crippen MR) is 82.9 cm³/mol. The van der Waals surface area contributed by atoms with Crippen molar-refractivity contribution in [3.8, 4) is 0 Å². The van der Waals surface area contributed by atoms with Gasteiger partial charge in [0.15, 0.2) is 0 Å². The Bertz CT molecular complexity index is 545. The summed E-state index contributed by atoms with van der Waals surface area (Å²) in [4.78, 5) is 12.2. The standard InChI is InChI=1S/C15H18Cl2N2O2/c16-12-3-1-10-11(15(12)17)2-4-13(10)19-14(20)7-9-8-21-6-5-18-9/h1,3,9,13,18H,2,4-8H2,(H,19,20). The van der Waals surface area contributed by atoms with Crippen LogP contribution in [-0.4, -0.2) is 31.7 Å². The van der Waals surface area contributed by atoms with E-state index in [1.807, 2.05) is 6.07 Å². The molecular formula is C15H18Cl2N2O2. The normalized spacial score (nSPS) is 24.7. The van der Waals surface area contributed by atoms with Crippen LogP contribution in [0.5, 0.6) is 0 Å². The highest BCUT2D eigenvalue weighted by Crippen LogP contribution is 2.39. The minimum atomic E-state index is 0.0341. The summed E-state index contributed by atoms with van der Waals surface area (Å²) in [5.74, 6) is 0.0434. The number of halogens is 2. The fourth-order valence-corrected chi connectivity index (χ4v) is 3.45. The Balaban J connectivity index is 1.62. The van der Waals surface area contributed by atoms with Crippen LogP contribution in [0.3, 0.4) is 0 Å². The highest BCUT2D eigenvalue weighted by Gasteiger charge is 2.27. The van der Waals surface area contributed by atoms with E-state index in [-0.39, 0.29) is 18.0 Å². The Morgan fingerprint density at radius 2 is 2.29 bits per heavy atom.